The number of aryl methyl sites for hydroxylation is 1. The van der Waals surface area contributed by atoms with E-state index < -0.39 is 11.7 Å². The fourth-order valence-electron chi connectivity index (χ4n) is 3.05. The van der Waals surface area contributed by atoms with E-state index >= 15 is 0 Å². The average molecular weight is 267 g/mol. The first-order valence-electron chi connectivity index (χ1n) is 7.33. The molecule has 19 heavy (non-hydrogen) atoms. The van der Waals surface area contributed by atoms with Gasteiger partial charge in [-0.25, -0.2) is 4.98 Å². The Morgan fingerprint density at radius 2 is 2.05 bits per heavy atom. The van der Waals surface area contributed by atoms with Crippen LogP contribution in [0.15, 0.2) is 6.33 Å². The summed E-state index contributed by atoms with van der Waals surface area (Å²) in [5.41, 5.74) is -0.392. The second-order valence-electron chi connectivity index (χ2n) is 5.43. The first-order chi connectivity index (χ1) is 9.18. The van der Waals surface area contributed by atoms with Crippen molar-refractivity contribution in [2.75, 3.05) is 6.61 Å². The van der Waals surface area contributed by atoms with Crippen LogP contribution in [0.1, 0.15) is 51.3 Å². The van der Waals surface area contributed by atoms with Gasteiger partial charge in [0.15, 0.2) is 0 Å². The van der Waals surface area contributed by atoms with Gasteiger partial charge >= 0.3 is 0 Å². The Labute approximate surface area is 115 Å². The number of hydrogen-bond acceptors (Lipinski definition) is 4. The van der Waals surface area contributed by atoms with Gasteiger partial charge in [0.2, 0.25) is 0 Å². The second-order valence-corrected chi connectivity index (χ2v) is 5.43. The molecule has 1 aromatic heterocycles. The van der Waals surface area contributed by atoms with Crippen LogP contribution < -0.4 is 0 Å². The van der Waals surface area contributed by atoms with Crippen LogP contribution in [0.2, 0.25) is 0 Å². The normalized spacial score (nSPS) is 21.0. The molecule has 1 fully saturated rings. The summed E-state index contributed by atoms with van der Waals surface area (Å²) in [5.74, 6) is 0.816. The summed E-state index contributed by atoms with van der Waals surface area (Å²) in [5, 5.41) is 14.7. The first-order valence-corrected chi connectivity index (χ1v) is 7.33. The minimum absolute atomic E-state index is 0.392. The molecule has 1 aliphatic carbocycles. The molecule has 5 heteroatoms. The lowest BCUT2D eigenvalue weighted by Crippen LogP contribution is -2.46. The van der Waals surface area contributed by atoms with Gasteiger partial charge in [-0.05, 0) is 19.8 Å². The molecule has 5 nitrogen and oxygen atoms in total. The number of ether oxygens (including phenoxy) is 1. The highest BCUT2D eigenvalue weighted by Gasteiger charge is 2.39. The summed E-state index contributed by atoms with van der Waals surface area (Å²) < 4.78 is 7.72. The number of rotatable bonds is 5. The van der Waals surface area contributed by atoms with Crippen LogP contribution in [0.5, 0.6) is 0 Å². The summed E-state index contributed by atoms with van der Waals surface area (Å²) in [6.45, 7) is 2.65. The zero-order valence-corrected chi connectivity index (χ0v) is 12.0. The lowest BCUT2D eigenvalue weighted by atomic mass is 9.86. The fourth-order valence-corrected chi connectivity index (χ4v) is 3.05. The van der Waals surface area contributed by atoms with Gasteiger partial charge in [0, 0.05) is 20.1 Å². The summed E-state index contributed by atoms with van der Waals surface area (Å²) in [6, 6.07) is 0. The van der Waals surface area contributed by atoms with Crippen molar-refractivity contribution in [3.8, 4) is 0 Å². The molecule has 108 valence electrons. The van der Waals surface area contributed by atoms with Gasteiger partial charge in [-0.15, -0.1) is 0 Å². The Morgan fingerprint density at radius 3 is 2.58 bits per heavy atom. The Morgan fingerprint density at radius 1 is 1.37 bits per heavy atom. The zero-order valence-electron chi connectivity index (χ0n) is 12.0. The first kappa shape index (κ1) is 14.5. The maximum absolute atomic E-state index is 10.7. The number of hydrogen-bond donors (Lipinski definition) is 1. The highest BCUT2D eigenvalue weighted by Crippen LogP contribution is 2.34. The summed E-state index contributed by atoms with van der Waals surface area (Å²) in [6.07, 6.45) is 8.18. The van der Waals surface area contributed by atoms with Crippen LogP contribution in [0, 0.1) is 0 Å². The molecule has 1 heterocycles. The zero-order chi connectivity index (χ0) is 13.7. The summed E-state index contributed by atoms with van der Waals surface area (Å²) >= 11 is 0. The Bertz CT molecular complexity index is 384. The molecule has 0 saturated heterocycles. The van der Waals surface area contributed by atoms with E-state index in [4.69, 9.17) is 4.74 Å². The van der Waals surface area contributed by atoms with Crippen LogP contribution in [-0.4, -0.2) is 38.2 Å². The van der Waals surface area contributed by atoms with E-state index in [1.54, 1.807) is 4.68 Å². The van der Waals surface area contributed by atoms with Gasteiger partial charge in [0.1, 0.15) is 12.2 Å². The summed E-state index contributed by atoms with van der Waals surface area (Å²) in [7, 11) is 1.86. The van der Waals surface area contributed by atoms with Crippen molar-refractivity contribution in [3.63, 3.8) is 0 Å². The van der Waals surface area contributed by atoms with Gasteiger partial charge in [-0.1, -0.05) is 25.7 Å². The highest BCUT2D eigenvalue weighted by atomic mass is 16.5. The lowest BCUT2D eigenvalue weighted by Gasteiger charge is -2.37. The molecule has 0 amide bonds. The monoisotopic (exact) mass is 267 g/mol. The average Bonchev–Trinajstić information content (AvgIpc) is 2.66. The van der Waals surface area contributed by atoms with Crippen molar-refractivity contribution in [2.45, 2.75) is 63.6 Å². The third-order valence-electron chi connectivity index (χ3n) is 4.17. The van der Waals surface area contributed by atoms with Gasteiger partial charge in [0.25, 0.3) is 0 Å². The van der Waals surface area contributed by atoms with Crippen molar-refractivity contribution in [1.82, 2.24) is 14.8 Å². The maximum Gasteiger partial charge on any atom is 0.138 e. The minimum atomic E-state index is -0.506. The van der Waals surface area contributed by atoms with Gasteiger partial charge in [-0.2, -0.15) is 5.10 Å². The molecule has 0 bridgehead atoms. The molecule has 0 aliphatic heterocycles. The van der Waals surface area contributed by atoms with E-state index in [0.717, 1.165) is 31.5 Å². The van der Waals surface area contributed by atoms with Crippen LogP contribution in [0.4, 0.5) is 0 Å². The quantitative estimate of drug-likeness (QED) is 0.827. The Kier molecular flexibility index (Phi) is 4.93. The number of nitrogens with zero attached hydrogens (tertiary/aromatic N) is 3. The van der Waals surface area contributed by atoms with Crippen molar-refractivity contribution in [2.24, 2.45) is 7.05 Å². The van der Waals surface area contributed by atoms with Crippen molar-refractivity contribution in [1.29, 1.82) is 0 Å². The molecule has 1 aliphatic rings. The minimum Gasteiger partial charge on any atom is -0.390 e. The molecule has 0 aromatic carbocycles. The van der Waals surface area contributed by atoms with E-state index in [2.05, 4.69) is 10.1 Å². The van der Waals surface area contributed by atoms with Gasteiger partial charge in [-0.3, -0.25) is 4.68 Å². The number of aliphatic hydroxyl groups excluding tert-OH is 1. The van der Waals surface area contributed by atoms with Crippen LogP contribution >= 0.6 is 0 Å². The van der Waals surface area contributed by atoms with Crippen molar-refractivity contribution < 1.29 is 9.84 Å². The molecule has 0 radical (unpaired) electrons. The standard InChI is InChI=1S/C14H25N3O2/c1-3-19-14(8-6-4-5-7-9-14)12(18)10-13-15-11-16-17(13)2/h11-12,18H,3-10H2,1-2H3. The van der Waals surface area contributed by atoms with Gasteiger partial charge in [0.05, 0.1) is 11.7 Å². The SMILES string of the molecule is CCOC1(C(O)Cc2ncnn2C)CCCCCC1. The molecule has 1 N–H and O–H groups in total. The van der Waals surface area contributed by atoms with Crippen LogP contribution in [-0.2, 0) is 18.2 Å². The highest BCUT2D eigenvalue weighted by molar-refractivity contribution is 4.97. The molecule has 2 rings (SSSR count). The predicted octanol–water partition coefficient (Wildman–Crippen LogP) is 1.85. The molecular formula is C14H25N3O2. The van der Waals surface area contributed by atoms with E-state index in [-0.39, 0.29) is 0 Å². The Hall–Kier alpha value is -0.940. The fraction of sp³-hybridized carbons (Fsp3) is 0.857. The topological polar surface area (TPSA) is 60.2 Å². The lowest BCUT2D eigenvalue weighted by molar-refractivity contribution is -0.129. The van der Waals surface area contributed by atoms with E-state index in [1.807, 2.05) is 14.0 Å². The summed E-state index contributed by atoms with van der Waals surface area (Å²) in [4.78, 5) is 4.20. The molecular weight excluding hydrogens is 242 g/mol. The molecule has 1 unspecified atom stereocenters. The van der Waals surface area contributed by atoms with Crippen molar-refractivity contribution in [3.05, 3.63) is 12.2 Å². The largest absolute Gasteiger partial charge is 0.390 e. The number of aliphatic hydroxyl groups is 1. The third-order valence-corrected chi connectivity index (χ3v) is 4.17. The van der Waals surface area contributed by atoms with Crippen LogP contribution in [0.3, 0.4) is 0 Å². The maximum atomic E-state index is 10.7. The molecule has 1 aromatic rings. The smallest absolute Gasteiger partial charge is 0.138 e. The predicted molar refractivity (Wildman–Crippen MR) is 72.8 cm³/mol. The number of aromatic nitrogens is 3. The molecule has 1 saturated carbocycles. The van der Waals surface area contributed by atoms with E-state index in [1.165, 1.54) is 19.2 Å². The second kappa shape index (κ2) is 6.48. The van der Waals surface area contributed by atoms with E-state index in [9.17, 15) is 5.11 Å². The van der Waals surface area contributed by atoms with Crippen LogP contribution in [0.25, 0.3) is 0 Å². The van der Waals surface area contributed by atoms with Gasteiger partial charge < -0.3 is 9.84 Å². The Balaban J connectivity index is 2.10. The molecule has 0 spiro atoms. The molecule has 1 atom stereocenters. The van der Waals surface area contributed by atoms with E-state index in [0.29, 0.717) is 13.0 Å². The van der Waals surface area contributed by atoms with Crippen molar-refractivity contribution >= 4 is 0 Å². The third kappa shape index (κ3) is 3.34.